The van der Waals surface area contributed by atoms with Crippen LogP contribution in [0.4, 0.5) is 0 Å². The highest BCUT2D eigenvalue weighted by molar-refractivity contribution is 5.91. The van der Waals surface area contributed by atoms with Crippen molar-refractivity contribution in [3.63, 3.8) is 0 Å². The molecule has 0 fully saturated rings. The summed E-state index contributed by atoms with van der Waals surface area (Å²) in [6.07, 6.45) is 26.6. The van der Waals surface area contributed by atoms with Crippen LogP contribution in [0.1, 0.15) is 171 Å². The lowest BCUT2D eigenvalue weighted by Crippen LogP contribution is -2.08. The van der Waals surface area contributed by atoms with Crippen LogP contribution in [0.3, 0.4) is 0 Å². The van der Waals surface area contributed by atoms with Gasteiger partial charge in [-0.1, -0.05) is 166 Å². The van der Waals surface area contributed by atoms with Gasteiger partial charge in [-0.25, -0.2) is 4.79 Å². The van der Waals surface area contributed by atoms with E-state index in [1.54, 1.807) is 0 Å². The number of esters is 1. The average Bonchev–Trinajstić information content (AvgIpc) is 3.13. The second-order valence-corrected chi connectivity index (χ2v) is 13.8. The molecule has 1 atom stereocenters. The number of benzene rings is 3. The van der Waals surface area contributed by atoms with Gasteiger partial charge in [-0.05, 0) is 72.9 Å². The van der Waals surface area contributed by atoms with E-state index in [-0.39, 0.29) is 12.1 Å². The molecule has 3 aromatic carbocycles. The Hall–Kier alpha value is -3.11. The van der Waals surface area contributed by atoms with E-state index in [4.69, 9.17) is 14.2 Å². The number of hydrogen-bond acceptors (Lipinski definition) is 4. The molecule has 0 aliphatic carbocycles. The Morgan fingerprint density at radius 3 is 1.39 bits per heavy atom. The Kier molecular flexibility index (Phi) is 21.2. The Balaban J connectivity index is 1.26. The summed E-state index contributed by atoms with van der Waals surface area (Å²) in [7, 11) is 0. The molecular formula is C45H66O4. The first kappa shape index (κ1) is 40.3. The van der Waals surface area contributed by atoms with Gasteiger partial charge in [0.15, 0.2) is 0 Å². The zero-order valence-electron chi connectivity index (χ0n) is 31.2. The largest absolute Gasteiger partial charge is 0.494 e. The minimum absolute atomic E-state index is 0.0141. The van der Waals surface area contributed by atoms with Gasteiger partial charge in [0.05, 0.1) is 18.3 Å². The first-order valence-corrected chi connectivity index (χ1v) is 19.9. The van der Waals surface area contributed by atoms with E-state index in [1.165, 1.54) is 116 Å². The van der Waals surface area contributed by atoms with E-state index < -0.39 is 0 Å². The fraction of sp³-hybridized carbons (Fsp3) is 0.578. The van der Waals surface area contributed by atoms with Gasteiger partial charge in [0.2, 0.25) is 0 Å². The highest BCUT2D eigenvalue weighted by Gasteiger charge is 2.11. The molecule has 0 heterocycles. The lowest BCUT2D eigenvalue weighted by atomic mass is 10.0. The van der Waals surface area contributed by atoms with Crippen molar-refractivity contribution >= 4 is 5.97 Å². The average molecular weight is 671 g/mol. The van der Waals surface area contributed by atoms with Crippen molar-refractivity contribution in [3.8, 4) is 22.6 Å². The van der Waals surface area contributed by atoms with Crippen LogP contribution in [0, 0.1) is 0 Å². The molecule has 0 amide bonds. The van der Waals surface area contributed by atoms with E-state index in [1.807, 2.05) is 60.7 Å². The van der Waals surface area contributed by atoms with E-state index in [9.17, 15) is 4.79 Å². The Bertz CT molecular complexity index is 1230. The molecule has 4 heteroatoms. The molecular weight excluding hydrogens is 604 g/mol. The van der Waals surface area contributed by atoms with Gasteiger partial charge < -0.3 is 14.2 Å². The maximum Gasteiger partial charge on any atom is 0.343 e. The monoisotopic (exact) mass is 670 g/mol. The van der Waals surface area contributed by atoms with Gasteiger partial charge in [-0.3, -0.25) is 0 Å². The van der Waals surface area contributed by atoms with Crippen molar-refractivity contribution in [1.29, 1.82) is 0 Å². The van der Waals surface area contributed by atoms with Crippen LogP contribution in [0.2, 0.25) is 0 Å². The Morgan fingerprint density at radius 1 is 0.490 bits per heavy atom. The smallest absolute Gasteiger partial charge is 0.343 e. The lowest BCUT2D eigenvalue weighted by molar-refractivity contribution is 0.0627. The first-order chi connectivity index (χ1) is 24.1. The topological polar surface area (TPSA) is 44.8 Å². The van der Waals surface area contributed by atoms with Gasteiger partial charge in [0.1, 0.15) is 11.5 Å². The van der Waals surface area contributed by atoms with E-state index >= 15 is 0 Å². The number of hydrogen-bond donors (Lipinski definition) is 0. The van der Waals surface area contributed by atoms with Crippen LogP contribution in [0.5, 0.6) is 11.5 Å². The van der Waals surface area contributed by atoms with Crippen LogP contribution < -0.4 is 9.47 Å². The summed E-state index contributed by atoms with van der Waals surface area (Å²) >= 11 is 0. The fourth-order valence-corrected chi connectivity index (χ4v) is 6.24. The number of ether oxygens (including phenoxy) is 3. The van der Waals surface area contributed by atoms with E-state index in [2.05, 4.69) is 32.9 Å². The number of carbonyl (C=O) groups is 1. The molecule has 4 nitrogen and oxygen atoms in total. The molecule has 270 valence electrons. The van der Waals surface area contributed by atoms with Crippen molar-refractivity contribution in [2.24, 2.45) is 0 Å². The van der Waals surface area contributed by atoms with E-state index in [0.29, 0.717) is 11.3 Å². The zero-order chi connectivity index (χ0) is 34.8. The van der Waals surface area contributed by atoms with Crippen molar-refractivity contribution in [2.75, 3.05) is 13.2 Å². The van der Waals surface area contributed by atoms with Crippen LogP contribution in [-0.4, -0.2) is 19.2 Å². The number of unbranched alkanes of at least 4 members (excludes halogenated alkanes) is 18. The Morgan fingerprint density at radius 2 is 0.898 bits per heavy atom. The second-order valence-electron chi connectivity index (χ2n) is 13.8. The molecule has 0 aromatic heterocycles. The maximum atomic E-state index is 12.8. The van der Waals surface area contributed by atoms with Gasteiger partial charge in [-0.15, -0.1) is 0 Å². The SMILES string of the molecule is CCCCCCCCCCCCCCCCOC(C)c1ccc(OC(=O)c2ccc(-c3ccc(OCCCCCCCC)cc3)cc2)cc1. The van der Waals surface area contributed by atoms with Crippen LogP contribution in [-0.2, 0) is 4.74 Å². The minimum Gasteiger partial charge on any atom is -0.494 e. The zero-order valence-corrected chi connectivity index (χ0v) is 31.2. The summed E-state index contributed by atoms with van der Waals surface area (Å²) in [6.45, 7) is 8.16. The maximum absolute atomic E-state index is 12.8. The van der Waals surface area contributed by atoms with Gasteiger partial charge in [0, 0.05) is 6.61 Å². The third kappa shape index (κ3) is 17.4. The number of carbonyl (C=O) groups excluding carboxylic acids is 1. The predicted octanol–water partition coefficient (Wildman–Crippen LogP) is 13.9. The van der Waals surface area contributed by atoms with Crippen molar-refractivity contribution in [1.82, 2.24) is 0 Å². The third-order valence-electron chi connectivity index (χ3n) is 9.50. The van der Waals surface area contributed by atoms with Crippen LogP contribution >= 0.6 is 0 Å². The van der Waals surface area contributed by atoms with Crippen molar-refractivity contribution < 1.29 is 19.0 Å². The standard InChI is InChI=1S/C45H66O4/c1-4-6-8-10-12-13-14-15-16-17-18-19-21-22-36-47-38(3)39-28-34-44(35-29-39)49-45(46)42-26-24-40(25-27-42)41-30-32-43(33-31-41)48-37-23-20-11-9-7-5-2/h24-35,38H,4-23,36-37H2,1-3H3. The van der Waals surface area contributed by atoms with Gasteiger partial charge in [0.25, 0.3) is 0 Å². The molecule has 0 saturated heterocycles. The van der Waals surface area contributed by atoms with Crippen LogP contribution in [0.25, 0.3) is 11.1 Å². The molecule has 0 aliphatic heterocycles. The predicted molar refractivity (Wildman–Crippen MR) is 207 cm³/mol. The molecule has 0 saturated carbocycles. The minimum atomic E-state index is -0.361. The summed E-state index contributed by atoms with van der Waals surface area (Å²) in [5.41, 5.74) is 3.75. The summed E-state index contributed by atoms with van der Waals surface area (Å²) in [4.78, 5) is 12.8. The van der Waals surface area contributed by atoms with Crippen molar-refractivity contribution in [2.45, 2.75) is 155 Å². The molecule has 0 spiro atoms. The molecule has 1 unspecified atom stereocenters. The van der Waals surface area contributed by atoms with Crippen molar-refractivity contribution in [3.05, 3.63) is 83.9 Å². The molecule has 49 heavy (non-hydrogen) atoms. The molecule has 0 aliphatic rings. The number of rotatable bonds is 28. The summed E-state index contributed by atoms with van der Waals surface area (Å²) in [6, 6.07) is 23.4. The molecule has 0 bridgehead atoms. The summed E-state index contributed by atoms with van der Waals surface area (Å²) < 4.78 is 17.7. The van der Waals surface area contributed by atoms with Gasteiger partial charge in [-0.2, -0.15) is 0 Å². The van der Waals surface area contributed by atoms with E-state index in [0.717, 1.165) is 48.5 Å². The van der Waals surface area contributed by atoms with Crippen LogP contribution in [0.15, 0.2) is 72.8 Å². The quantitative estimate of drug-likeness (QED) is 0.0438. The molecule has 3 aromatic rings. The fourth-order valence-electron chi connectivity index (χ4n) is 6.24. The lowest BCUT2D eigenvalue weighted by Gasteiger charge is -2.14. The third-order valence-corrected chi connectivity index (χ3v) is 9.50. The Labute approximate surface area is 299 Å². The second kappa shape index (κ2) is 25.8. The molecule has 0 radical (unpaired) electrons. The highest BCUT2D eigenvalue weighted by Crippen LogP contribution is 2.25. The first-order valence-electron chi connectivity index (χ1n) is 19.9. The highest BCUT2D eigenvalue weighted by atomic mass is 16.5. The summed E-state index contributed by atoms with van der Waals surface area (Å²) in [5, 5.41) is 0. The summed E-state index contributed by atoms with van der Waals surface area (Å²) in [5.74, 6) is 1.07. The normalized spacial score (nSPS) is 11.8. The van der Waals surface area contributed by atoms with Gasteiger partial charge >= 0.3 is 5.97 Å². The molecule has 3 rings (SSSR count). The molecule has 0 N–H and O–H groups in total.